The van der Waals surface area contributed by atoms with Gasteiger partial charge in [-0.2, -0.15) is 5.26 Å². The topological polar surface area (TPSA) is 95.6 Å². The number of aromatic nitrogens is 3. The molecule has 2 rings (SSSR count). The smallest absolute Gasteiger partial charge is 0.321 e. The summed E-state index contributed by atoms with van der Waals surface area (Å²) in [6.45, 7) is 1.93. The van der Waals surface area contributed by atoms with Crippen molar-refractivity contribution in [3.05, 3.63) is 6.33 Å². The molecule has 21 heavy (non-hydrogen) atoms. The number of nitriles is 1. The Morgan fingerprint density at radius 2 is 2.29 bits per heavy atom. The van der Waals surface area contributed by atoms with Crippen LogP contribution in [0.3, 0.4) is 0 Å². The van der Waals surface area contributed by atoms with Gasteiger partial charge in [0.25, 0.3) is 0 Å². The number of nitrogens with zero attached hydrogens (tertiary/aromatic N) is 4. The minimum absolute atomic E-state index is 0.143. The fourth-order valence-corrected chi connectivity index (χ4v) is 2.58. The van der Waals surface area contributed by atoms with Crippen molar-refractivity contribution in [3.8, 4) is 6.07 Å². The zero-order valence-electron chi connectivity index (χ0n) is 12.4. The summed E-state index contributed by atoms with van der Waals surface area (Å²) in [5.41, 5.74) is 0. The van der Waals surface area contributed by atoms with Crippen LogP contribution in [0.2, 0.25) is 0 Å². The minimum atomic E-state index is -0.363. The maximum absolute atomic E-state index is 11.8. The SMILES string of the molecule is CC[C@@H](CC#N)NC(=O)Nc1ncn(C2CCCCC2)n1. The van der Waals surface area contributed by atoms with Crippen molar-refractivity contribution >= 4 is 12.0 Å². The molecule has 2 N–H and O–H groups in total. The van der Waals surface area contributed by atoms with Gasteiger partial charge in [0.05, 0.1) is 18.5 Å². The molecule has 0 spiro atoms. The van der Waals surface area contributed by atoms with Crippen LogP contribution in [0.4, 0.5) is 10.7 Å². The molecule has 2 amide bonds. The monoisotopic (exact) mass is 290 g/mol. The highest BCUT2D eigenvalue weighted by atomic mass is 16.2. The van der Waals surface area contributed by atoms with E-state index in [1.54, 1.807) is 6.33 Å². The summed E-state index contributed by atoms with van der Waals surface area (Å²) < 4.78 is 1.85. The largest absolute Gasteiger partial charge is 0.334 e. The van der Waals surface area contributed by atoms with Crippen LogP contribution in [-0.2, 0) is 0 Å². The summed E-state index contributed by atoms with van der Waals surface area (Å²) >= 11 is 0. The van der Waals surface area contributed by atoms with Crippen molar-refractivity contribution in [1.29, 1.82) is 5.26 Å². The number of hydrogen-bond acceptors (Lipinski definition) is 4. The van der Waals surface area contributed by atoms with Crippen LogP contribution in [0.15, 0.2) is 6.33 Å². The van der Waals surface area contributed by atoms with Gasteiger partial charge in [0.15, 0.2) is 0 Å². The van der Waals surface area contributed by atoms with Crippen LogP contribution < -0.4 is 10.6 Å². The van der Waals surface area contributed by atoms with E-state index in [1.807, 2.05) is 11.6 Å². The summed E-state index contributed by atoms with van der Waals surface area (Å²) in [4.78, 5) is 15.9. The van der Waals surface area contributed by atoms with E-state index in [2.05, 4.69) is 26.8 Å². The maximum atomic E-state index is 11.8. The first-order valence-electron chi connectivity index (χ1n) is 7.58. The third kappa shape index (κ3) is 4.45. The molecule has 1 aromatic heterocycles. The molecular weight excluding hydrogens is 268 g/mol. The van der Waals surface area contributed by atoms with Crippen LogP contribution in [-0.4, -0.2) is 26.8 Å². The van der Waals surface area contributed by atoms with Crippen LogP contribution in [0.5, 0.6) is 0 Å². The van der Waals surface area contributed by atoms with Crippen molar-refractivity contribution in [2.45, 2.75) is 64.0 Å². The summed E-state index contributed by atoms with van der Waals surface area (Å²) in [7, 11) is 0. The number of amides is 2. The van der Waals surface area contributed by atoms with Crippen molar-refractivity contribution in [1.82, 2.24) is 20.1 Å². The van der Waals surface area contributed by atoms with E-state index in [0.717, 1.165) is 12.8 Å². The molecule has 1 saturated carbocycles. The highest BCUT2D eigenvalue weighted by Gasteiger charge is 2.17. The Balaban J connectivity index is 1.86. The van der Waals surface area contributed by atoms with Gasteiger partial charge in [-0.1, -0.05) is 26.2 Å². The molecule has 7 nitrogen and oxygen atoms in total. The predicted molar refractivity (Wildman–Crippen MR) is 78.6 cm³/mol. The van der Waals surface area contributed by atoms with Crippen molar-refractivity contribution < 1.29 is 4.79 Å². The standard InChI is InChI=1S/C14H22N6O/c1-2-11(8-9-15)17-14(21)18-13-16-10-20(19-13)12-6-4-3-5-7-12/h10-12H,2-8H2,1H3,(H2,17,18,19,21)/t11-/m0/s1. The average Bonchev–Trinajstić information content (AvgIpc) is 2.96. The fraction of sp³-hybridized carbons (Fsp3) is 0.714. The summed E-state index contributed by atoms with van der Waals surface area (Å²) in [5.74, 6) is 0.310. The van der Waals surface area contributed by atoms with Gasteiger partial charge in [0, 0.05) is 6.04 Å². The first kappa shape index (κ1) is 15.3. The van der Waals surface area contributed by atoms with Crippen LogP contribution in [0.25, 0.3) is 0 Å². The molecule has 0 aromatic carbocycles. The first-order valence-corrected chi connectivity index (χ1v) is 7.58. The molecule has 0 aliphatic heterocycles. The molecule has 1 fully saturated rings. The molecule has 114 valence electrons. The van der Waals surface area contributed by atoms with Gasteiger partial charge >= 0.3 is 6.03 Å². The number of hydrogen-bond donors (Lipinski definition) is 2. The highest BCUT2D eigenvalue weighted by molar-refractivity contribution is 5.87. The Morgan fingerprint density at radius 1 is 1.52 bits per heavy atom. The van der Waals surface area contributed by atoms with E-state index in [0.29, 0.717) is 24.8 Å². The lowest BCUT2D eigenvalue weighted by Crippen LogP contribution is -2.37. The number of nitrogens with one attached hydrogen (secondary N) is 2. The Bertz CT molecular complexity index is 500. The van der Waals surface area contributed by atoms with Gasteiger partial charge in [0.1, 0.15) is 6.33 Å². The Morgan fingerprint density at radius 3 is 2.95 bits per heavy atom. The molecule has 1 atom stereocenters. The highest BCUT2D eigenvalue weighted by Crippen LogP contribution is 2.27. The molecule has 0 bridgehead atoms. The van der Waals surface area contributed by atoms with E-state index in [4.69, 9.17) is 5.26 Å². The van der Waals surface area contributed by atoms with Crippen molar-refractivity contribution in [2.24, 2.45) is 0 Å². The zero-order chi connectivity index (χ0) is 15.1. The van der Waals surface area contributed by atoms with E-state index in [-0.39, 0.29) is 12.1 Å². The summed E-state index contributed by atoms with van der Waals surface area (Å²) in [5, 5.41) is 18.4. The fourth-order valence-electron chi connectivity index (χ4n) is 2.58. The van der Waals surface area contributed by atoms with Gasteiger partial charge in [-0.25, -0.2) is 14.5 Å². The second-order valence-corrected chi connectivity index (χ2v) is 5.41. The molecule has 0 unspecified atom stereocenters. The number of carbonyl (C=O) groups excluding carboxylic acids is 1. The lowest BCUT2D eigenvalue weighted by molar-refractivity contribution is 0.248. The predicted octanol–water partition coefficient (Wildman–Crippen LogP) is 2.60. The first-order chi connectivity index (χ1) is 10.2. The van der Waals surface area contributed by atoms with Gasteiger partial charge in [-0.05, 0) is 19.3 Å². The molecule has 1 aliphatic rings. The third-order valence-electron chi connectivity index (χ3n) is 3.85. The second kappa shape index (κ2) is 7.62. The zero-order valence-corrected chi connectivity index (χ0v) is 12.4. The number of carbonyl (C=O) groups is 1. The summed E-state index contributed by atoms with van der Waals surface area (Å²) in [6.07, 6.45) is 8.66. The Hall–Kier alpha value is -2.10. The van der Waals surface area contributed by atoms with Crippen LogP contribution >= 0.6 is 0 Å². The molecular formula is C14H22N6O. The van der Waals surface area contributed by atoms with E-state index >= 15 is 0 Å². The van der Waals surface area contributed by atoms with Gasteiger partial charge < -0.3 is 5.32 Å². The van der Waals surface area contributed by atoms with Crippen molar-refractivity contribution in [3.63, 3.8) is 0 Å². The molecule has 0 radical (unpaired) electrons. The Kier molecular flexibility index (Phi) is 5.55. The average molecular weight is 290 g/mol. The van der Waals surface area contributed by atoms with Crippen molar-refractivity contribution in [2.75, 3.05) is 5.32 Å². The second-order valence-electron chi connectivity index (χ2n) is 5.41. The quantitative estimate of drug-likeness (QED) is 0.871. The normalized spacial score (nSPS) is 17.0. The number of urea groups is 1. The molecule has 1 aromatic rings. The molecule has 0 saturated heterocycles. The number of rotatable bonds is 5. The van der Waals surface area contributed by atoms with Gasteiger partial charge in [-0.15, -0.1) is 5.10 Å². The summed E-state index contributed by atoms with van der Waals surface area (Å²) in [6, 6.07) is 1.95. The minimum Gasteiger partial charge on any atom is -0.334 e. The van der Waals surface area contributed by atoms with Crippen LogP contribution in [0.1, 0.15) is 57.9 Å². The van der Waals surface area contributed by atoms with E-state index in [9.17, 15) is 4.79 Å². The van der Waals surface area contributed by atoms with E-state index < -0.39 is 0 Å². The molecule has 1 heterocycles. The lowest BCUT2D eigenvalue weighted by Gasteiger charge is -2.21. The van der Waals surface area contributed by atoms with Crippen LogP contribution in [0, 0.1) is 11.3 Å². The number of anilines is 1. The third-order valence-corrected chi connectivity index (χ3v) is 3.85. The lowest BCUT2D eigenvalue weighted by atomic mass is 9.96. The van der Waals surface area contributed by atoms with E-state index in [1.165, 1.54) is 19.3 Å². The van der Waals surface area contributed by atoms with Gasteiger partial charge in [-0.3, -0.25) is 5.32 Å². The molecule has 1 aliphatic carbocycles. The Labute approximate surface area is 124 Å². The van der Waals surface area contributed by atoms with Gasteiger partial charge in [0.2, 0.25) is 5.95 Å². The molecule has 7 heteroatoms. The maximum Gasteiger partial charge on any atom is 0.321 e.